The molecule has 0 aliphatic rings. The first-order valence-corrected chi connectivity index (χ1v) is 10.0. The number of carbonyl (C=O) groups is 1. The molecule has 9 heteroatoms. The minimum atomic E-state index is -0.192. The van der Waals surface area contributed by atoms with E-state index in [2.05, 4.69) is 15.3 Å². The fourth-order valence-electron chi connectivity index (χ4n) is 3.16. The second-order valence-corrected chi connectivity index (χ2v) is 6.75. The van der Waals surface area contributed by atoms with Gasteiger partial charge in [-0.25, -0.2) is 9.97 Å². The van der Waals surface area contributed by atoms with E-state index >= 15 is 0 Å². The summed E-state index contributed by atoms with van der Waals surface area (Å²) in [4.78, 5) is 33.5. The molecule has 0 bridgehead atoms. The van der Waals surface area contributed by atoms with Crippen LogP contribution in [-0.2, 0) is 17.9 Å². The summed E-state index contributed by atoms with van der Waals surface area (Å²) in [5.74, 6) is 1.39. The number of aryl methyl sites for hydroxylation is 1. The van der Waals surface area contributed by atoms with Crippen LogP contribution in [0.4, 0.5) is 0 Å². The molecular weight excluding hydrogens is 400 g/mol. The molecule has 1 aromatic carbocycles. The summed E-state index contributed by atoms with van der Waals surface area (Å²) < 4.78 is 17.5. The molecule has 2 aromatic heterocycles. The second-order valence-electron chi connectivity index (χ2n) is 6.75. The number of fused-ring (bicyclic) bond motifs is 1. The Hall–Kier alpha value is -3.62. The number of nitrogens with one attached hydrogen (secondary N) is 1. The van der Waals surface area contributed by atoms with Crippen LogP contribution < -0.4 is 25.1 Å². The van der Waals surface area contributed by atoms with E-state index in [-0.39, 0.29) is 17.9 Å². The minimum Gasteiger partial charge on any atom is -0.493 e. The molecule has 9 nitrogen and oxygen atoms in total. The molecule has 1 N–H and O–H groups in total. The predicted molar refractivity (Wildman–Crippen MR) is 116 cm³/mol. The fraction of sp³-hybridized carbons (Fsp3) is 0.364. The van der Waals surface area contributed by atoms with E-state index < -0.39 is 0 Å². The van der Waals surface area contributed by atoms with Crippen LogP contribution in [0, 0.1) is 0 Å². The Morgan fingerprint density at radius 1 is 1.16 bits per heavy atom. The zero-order valence-corrected chi connectivity index (χ0v) is 17.9. The maximum Gasteiger partial charge on any atom is 0.261 e. The fourth-order valence-corrected chi connectivity index (χ4v) is 3.16. The Balaban J connectivity index is 1.59. The third kappa shape index (κ3) is 5.30. The predicted octanol–water partition coefficient (Wildman–Crippen LogP) is 2.30. The number of rotatable bonds is 10. The highest BCUT2D eigenvalue weighted by Crippen LogP contribution is 2.29. The lowest BCUT2D eigenvalue weighted by Gasteiger charge is -2.11. The van der Waals surface area contributed by atoms with Crippen LogP contribution in [-0.4, -0.2) is 41.3 Å². The summed E-state index contributed by atoms with van der Waals surface area (Å²) in [7, 11) is 3.04. The summed E-state index contributed by atoms with van der Waals surface area (Å²) >= 11 is 0. The number of ether oxygens (including phenoxy) is 3. The van der Waals surface area contributed by atoms with Gasteiger partial charge in [0.1, 0.15) is 0 Å². The quantitative estimate of drug-likeness (QED) is 0.530. The molecule has 0 atom stereocenters. The molecular formula is C22H26N4O5. The topological polar surface area (TPSA) is 105 Å². The van der Waals surface area contributed by atoms with E-state index in [1.54, 1.807) is 24.4 Å². The van der Waals surface area contributed by atoms with Crippen molar-refractivity contribution in [2.24, 2.45) is 0 Å². The number of amides is 1. The Morgan fingerprint density at radius 2 is 1.94 bits per heavy atom. The number of hydrogen-bond acceptors (Lipinski definition) is 7. The van der Waals surface area contributed by atoms with Crippen molar-refractivity contribution in [2.75, 3.05) is 20.8 Å². The standard InChI is InChI=1S/C22H26N4O5/c1-4-31-21-15(7-5-9-23-21)13-24-20(27)8-6-10-26-14-25-17-12-19(30-3)18(29-2)11-16(17)22(26)28/h5,7,9,11-12,14H,4,6,8,10,13H2,1-3H3,(H,24,27). The molecule has 0 saturated carbocycles. The number of hydrogen-bond donors (Lipinski definition) is 1. The van der Waals surface area contributed by atoms with Gasteiger partial charge in [0.05, 0.1) is 38.1 Å². The molecule has 2 heterocycles. The maximum atomic E-state index is 12.8. The molecule has 0 radical (unpaired) electrons. The minimum absolute atomic E-state index is 0.112. The van der Waals surface area contributed by atoms with E-state index in [1.165, 1.54) is 25.1 Å². The highest BCUT2D eigenvalue weighted by Gasteiger charge is 2.12. The average molecular weight is 426 g/mol. The van der Waals surface area contributed by atoms with Crippen LogP contribution >= 0.6 is 0 Å². The van der Waals surface area contributed by atoms with Gasteiger partial charge in [-0.05, 0) is 25.5 Å². The molecule has 0 unspecified atom stereocenters. The molecule has 0 spiro atoms. The van der Waals surface area contributed by atoms with E-state index in [0.29, 0.717) is 54.4 Å². The molecule has 164 valence electrons. The lowest BCUT2D eigenvalue weighted by atomic mass is 10.2. The SMILES string of the molecule is CCOc1ncccc1CNC(=O)CCCn1cnc2cc(OC)c(OC)cc2c1=O. The van der Waals surface area contributed by atoms with E-state index in [1.807, 2.05) is 13.0 Å². The van der Waals surface area contributed by atoms with Gasteiger partial charge in [-0.15, -0.1) is 0 Å². The highest BCUT2D eigenvalue weighted by molar-refractivity contribution is 5.81. The van der Waals surface area contributed by atoms with Crippen molar-refractivity contribution in [3.63, 3.8) is 0 Å². The van der Waals surface area contributed by atoms with Crippen molar-refractivity contribution in [1.82, 2.24) is 19.9 Å². The lowest BCUT2D eigenvalue weighted by molar-refractivity contribution is -0.121. The first-order chi connectivity index (χ1) is 15.1. The lowest BCUT2D eigenvalue weighted by Crippen LogP contribution is -2.25. The Bertz CT molecular complexity index is 1110. The van der Waals surface area contributed by atoms with Crippen LogP contribution in [0.2, 0.25) is 0 Å². The number of nitrogens with zero attached hydrogens (tertiary/aromatic N) is 3. The number of pyridine rings is 1. The zero-order chi connectivity index (χ0) is 22.2. The Kier molecular flexibility index (Phi) is 7.42. The largest absolute Gasteiger partial charge is 0.493 e. The molecule has 0 aliphatic heterocycles. The number of benzene rings is 1. The summed E-state index contributed by atoms with van der Waals surface area (Å²) in [5.41, 5.74) is 1.15. The normalized spacial score (nSPS) is 10.7. The average Bonchev–Trinajstić information content (AvgIpc) is 2.79. The molecule has 31 heavy (non-hydrogen) atoms. The molecule has 0 saturated heterocycles. The summed E-state index contributed by atoms with van der Waals surface area (Å²) in [5, 5.41) is 3.30. The number of methoxy groups -OCH3 is 2. The van der Waals surface area contributed by atoms with Gasteiger partial charge in [-0.2, -0.15) is 0 Å². The van der Waals surface area contributed by atoms with Crippen LogP contribution in [0.25, 0.3) is 10.9 Å². The number of carbonyl (C=O) groups excluding carboxylic acids is 1. The van der Waals surface area contributed by atoms with Crippen molar-refractivity contribution in [1.29, 1.82) is 0 Å². The van der Waals surface area contributed by atoms with E-state index in [0.717, 1.165) is 5.56 Å². The first-order valence-electron chi connectivity index (χ1n) is 10.0. The first kappa shape index (κ1) is 22.1. The van der Waals surface area contributed by atoms with Crippen molar-refractivity contribution in [2.45, 2.75) is 32.9 Å². The van der Waals surface area contributed by atoms with Gasteiger partial charge >= 0.3 is 0 Å². The van der Waals surface area contributed by atoms with Gasteiger partial charge in [0, 0.05) is 37.3 Å². The van der Waals surface area contributed by atoms with Crippen LogP contribution in [0.15, 0.2) is 41.6 Å². The van der Waals surface area contributed by atoms with Gasteiger partial charge < -0.3 is 19.5 Å². The van der Waals surface area contributed by atoms with Crippen LogP contribution in [0.5, 0.6) is 17.4 Å². The van der Waals surface area contributed by atoms with Crippen LogP contribution in [0.1, 0.15) is 25.3 Å². The number of aromatic nitrogens is 3. The summed E-state index contributed by atoms with van der Waals surface area (Å²) in [6.45, 7) is 3.10. The van der Waals surface area contributed by atoms with Crippen molar-refractivity contribution in [3.05, 3.63) is 52.7 Å². The monoisotopic (exact) mass is 426 g/mol. The van der Waals surface area contributed by atoms with Gasteiger partial charge in [0.15, 0.2) is 11.5 Å². The molecule has 3 rings (SSSR count). The van der Waals surface area contributed by atoms with E-state index in [4.69, 9.17) is 14.2 Å². The molecule has 0 fully saturated rings. The van der Waals surface area contributed by atoms with Crippen LogP contribution in [0.3, 0.4) is 0 Å². The van der Waals surface area contributed by atoms with Gasteiger partial charge in [-0.3, -0.25) is 14.2 Å². The summed E-state index contributed by atoms with van der Waals surface area (Å²) in [6, 6.07) is 6.95. The van der Waals surface area contributed by atoms with E-state index in [9.17, 15) is 9.59 Å². The zero-order valence-electron chi connectivity index (χ0n) is 17.9. The third-order valence-corrected chi connectivity index (χ3v) is 4.74. The maximum absolute atomic E-state index is 12.8. The van der Waals surface area contributed by atoms with Crippen molar-refractivity contribution >= 4 is 16.8 Å². The molecule has 1 amide bonds. The van der Waals surface area contributed by atoms with Gasteiger partial charge in [0.2, 0.25) is 11.8 Å². The van der Waals surface area contributed by atoms with Gasteiger partial charge in [0.25, 0.3) is 5.56 Å². The molecule has 3 aromatic rings. The highest BCUT2D eigenvalue weighted by atomic mass is 16.5. The smallest absolute Gasteiger partial charge is 0.261 e. The van der Waals surface area contributed by atoms with Crippen molar-refractivity contribution < 1.29 is 19.0 Å². The second kappa shape index (κ2) is 10.4. The molecule has 0 aliphatic carbocycles. The summed E-state index contributed by atoms with van der Waals surface area (Å²) in [6.07, 6.45) is 3.91. The van der Waals surface area contributed by atoms with Crippen molar-refractivity contribution in [3.8, 4) is 17.4 Å². The van der Waals surface area contributed by atoms with Gasteiger partial charge in [-0.1, -0.05) is 6.07 Å². The third-order valence-electron chi connectivity index (χ3n) is 4.74. The Morgan fingerprint density at radius 3 is 2.68 bits per heavy atom. The Labute approximate surface area is 180 Å².